The molecule has 0 aliphatic carbocycles. The first-order chi connectivity index (χ1) is 9.86. The number of primary sulfonamides is 1. The van der Waals surface area contributed by atoms with Gasteiger partial charge in [-0.25, -0.2) is 18.4 Å². The Bertz CT molecular complexity index is 553. The minimum atomic E-state index is -3.68. The molecule has 1 atom stereocenters. The largest absolute Gasteiger partial charge is 0.394 e. The summed E-state index contributed by atoms with van der Waals surface area (Å²) in [7, 11) is -3.68. The molecule has 1 aromatic rings. The summed E-state index contributed by atoms with van der Waals surface area (Å²) in [5, 5.41) is 19.3. The van der Waals surface area contributed by atoms with E-state index in [0.717, 1.165) is 5.56 Å². The highest BCUT2D eigenvalue weighted by molar-refractivity contribution is 7.89. The van der Waals surface area contributed by atoms with Gasteiger partial charge in [-0.15, -0.1) is 0 Å². The quantitative estimate of drug-likeness (QED) is 0.563. The van der Waals surface area contributed by atoms with Crippen LogP contribution in [0.4, 0.5) is 4.79 Å². The second-order valence-corrected chi connectivity index (χ2v) is 6.19. The predicted molar refractivity (Wildman–Crippen MR) is 79.2 cm³/mol. The van der Waals surface area contributed by atoms with E-state index in [2.05, 4.69) is 10.6 Å². The predicted octanol–water partition coefficient (Wildman–Crippen LogP) is -0.0534. The molecule has 118 valence electrons. The molecule has 1 rings (SSSR count). The third-order valence-electron chi connectivity index (χ3n) is 3.00. The lowest BCUT2D eigenvalue weighted by Gasteiger charge is -2.14. The van der Waals surface area contributed by atoms with Crippen molar-refractivity contribution >= 4 is 16.1 Å². The van der Waals surface area contributed by atoms with Crippen molar-refractivity contribution in [3.63, 3.8) is 0 Å². The molecular formula is C13H21N3O4S. The van der Waals surface area contributed by atoms with Gasteiger partial charge >= 0.3 is 6.03 Å². The average Bonchev–Trinajstić information content (AvgIpc) is 2.44. The van der Waals surface area contributed by atoms with Crippen LogP contribution in [-0.2, 0) is 16.4 Å². The summed E-state index contributed by atoms with van der Waals surface area (Å²) < 4.78 is 22.2. The number of nitrogens with one attached hydrogen (secondary N) is 2. The zero-order valence-electron chi connectivity index (χ0n) is 11.9. The molecule has 0 aliphatic heterocycles. The maximum atomic E-state index is 11.5. The number of aliphatic hydroxyl groups is 1. The van der Waals surface area contributed by atoms with Gasteiger partial charge in [0, 0.05) is 6.54 Å². The van der Waals surface area contributed by atoms with Crippen molar-refractivity contribution in [3.8, 4) is 0 Å². The van der Waals surface area contributed by atoms with Gasteiger partial charge in [-0.2, -0.15) is 0 Å². The van der Waals surface area contributed by atoms with Gasteiger partial charge in [0.25, 0.3) is 0 Å². The van der Waals surface area contributed by atoms with Crippen molar-refractivity contribution in [2.75, 3.05) is 13.2 Å². The van der Waals surface area contributed by atoms with Crippen LogP contribution in [0.25, 0.3) is 0 Å². The third-order valence-corrected chi connectivity index (χ3v) is 3.93. The smallest absolute Gasteiger partial charge is 0.315 e. The fourth-order valence-electron chi connectivity index (χ4n) is 1.68. The van der Waals surface area contributed by atoms with Crippen molar-refractivity contribution in [1.29, 1.82) is 0 Å². The molecule has 5 N–H and O–H groups in total. The number of nitrogens with two attached hydrogens (primary N) is 1. The van der Waals surface area contributed by atoms with Gasteiger partial charge < -0.3 is 15.7 Å². The number of urea groups is 1. The van der Waals surface area contributed by atoms with Crippen LogP contribution in [0, 0.1) is 0 Å². The Hall–Kier alpha value is -1.64. The molecule has 0 spiro atoms. The summed E-state index contributed by atoms with van der Waals surface area (Å²) in [5.41, 5.74) is 0.886. The molecule has 0 saturated heterocycles. The van der Waals surface area contributed by atoms with Crippen LogP contribution in [0.3, 0.4) is 0 Å². The number of amides is 2. The number of rotatable bonds is 7. The van der Waals surface area contributed by atoms with Gasteiger partial charge in [0.2, 0.25) is 10.0 Å². The fourth-order valence-corrected chi connectivity index (χ4v) is 2.19. The molecular weight excluding hydrogens is 294 g/mol. The van der Waals surface area contributed by atoms with Crippen LogP contribution in [0.1, 0.15) is 18.9 Å². The maximum Gasteiger partial charge on any atom is 0.315 e. The third kappa shape index (κ3) is 6.11. The minimum absolute atomic E-state index is 0.0608. The van der Waals surface area contributed by atoms with E-state index in [1.165, 1.54) is 12.1 Å². The lowest BCUT2D eigenvalue weighted by molar-refractivity contribution is 0.214. The van der Waals surface area contributed by atoms with Crippen LogP contribution < -0.4 is 15.8 Å². The lowest BCUT2D eigenvalue weighted by atomic mass is 10.1. The molecule has 0 aromatic heterocycles. The van der Waals surface area contributed by atoms with Crippen molar-refractivity contribution in [2.24, 2.45) is 5.14 Å². The molecule has 0 bridgehead atoms. The van der Waals surface area contributed by atoms with E-state index in [1.54, 1.807) is 12.1 Å². The van der Waals surface area contributed by atoms with E-state index in [0.29, 0.717) is 19.4 Å². The number of aliphatic hydroxyl groups excluding tert-OH is 1. The second-order valence-electron chi connectivity index (χ2n) is 4.63. The zero-order chi connectivity index (χ0) is 15.9. The molecule has 7 nitrogen and oxygen atoms in total. The van der Waals surface area contributed by atoms with Gasteiger partial charge in [-0.3, -0.25) is 0 Å². The van der Waals surface area contributed by atoms with Gasteiger partial charge in [-0.05, 0) is 30.5 Å². The minimum Gasteiger partial charge on any atom is -0.394 e. The first-order valence-electron chi connectivity index (χ1n) is 6.63. The molecule has 0 heterocycles. The first kappa shape index (κ1) is 17.4. The highest BCUT2D eigenvalue weighted by Gasteiger charge is 2.09. The molecule has 0 saturated carbocycles. The Kier molecular flexibility index (Phi) is 6.60. The summed E-state index contributed by atoms with van der Waals surface area (Å²) in [6.45, 7) is 2.18. The van der Waals surface area contributed by atoms with Gasteiger partial charge in [-0.1, -0.05) is 19.1 Å². The highest BCUT2D eigenvalue weighted by Crippen LogP contribution is 2.08. The Morgan fingerprint density at radius 2 is 1.95 bits per heavy atom. The van der Waals surface area contributed by atoms with E-state index in [1.807, 2.05) is 6.92 Å². The Labute approximate surface area is 124 Å². The van der Waals surface area contributed by atoms with Gasteiger partial charge in [0.1, 0.15) is 0 Å². The molecule has 8 heteroatoms. The van der Waals surface area contributed by atoms with E-state index in [4.69, 9.17) is 10.2 Å². The number of carbonyl (C=O) groups is 1. The Balaban J connectivity index is 2.41. The van der Waals surface area contributed by atoms with Gasteiger partial charge in [0.15, 0.2) is 0 Å². The summed E-state index contributed by atoms with van der Waals surface area (Å²) in [5.74, 6) is 0. The van der Waals surface area contributed by atoms with E-state index in [9.17, 15) is 13.2 Å². The van der Waals surface area contributed by atoms with Crippen LogP contribution >= 0.6 is 0 Å². The standard InChI is InChI=1S/C13H21N3O4S/c1-2-11(9-17)16-13(18)15-8-7-10-3-5-12(6-4-10)21(14,19)20/h3-6,11,17H,2,7-9H2,1H3,(H2,14,19,20)(H2,15,16,18)/t11-/m1/s1. The number of sulfonamides is 1. The Morgan fingerprint density at radius 1 is 1.33 bits per heavy atom. The Morgan fingerprint density at radius 3 is 2.43 bits per heavy atom. The number of benzene rings is 1. The van der Waals surface area contributed by atoms with Crippen LogP contribution in [0.5, 0.6) is 0 Å². The van der Waals surface area contributed by atoms with E-state index in [-0.39, 0.29) is 23.6 Å². The number of hydrogen-bond donors (Lipinski definition) is 4. The van der Waals surface area contributed by atoms with Crippen molar-refractivity contribution in [1.82, 2.24) is 10.6 Å². The van der Waals surface area contributed by atoms with Gasteiger partial charge in [0.05, 0.1) is 17.5 Å². The number of carbonyl (C=O) groups excluding carboxylic acids is 1. The van der Waals surface area contributed by atoms with Crippen LogP contribution in [0.2, 0.25) is 0 Å². The molecule has 21 heavy (non-hydrogen) atoms. The molecule has 0 aliphatic rings. The molecule has 0 radical (unpaired) electrons. The van der Waals surface area contributed by atoms with Crippen molar-refractivity contribution in [2.45, 2.75) is 30.7 Å². The monoisotopic (exact) mass is 315 g/mol. The average molecular weight is 315 g/mol. The maximum absolute atomic E-state index is 11.5. The molecule has 0 fully saturated rings. The summed E-state index contributed by atoms with van der Waals surface area (Å²) in [6.07, 6.45) is 1.22. The normalized spacial score (nSPS) is 12.7. The topological polar surface area (TPSA) is 122 Å². The zero-order valence-corrected chi connectivity index (χ0v) is 12.7. The summed E-state index contributed by atoms with van der Waals surface area (Å²) >= 11 is 0. The van der Waals surface area contributed by atoms with E-state index < -0.39 is 10.0 Å². The highest BCUT2D eigenvalue weighted by atomic mass is 32.2. The first-order valence-corrected chi connectivity index (χ1v) is 8.18. The van der Waals surface area contributed by atoms with Crippen molar-refractivity contribution < 1.29 is 18.3 Å². The number of hydrogen-bond acceptors (Lipinski definition) is 4. The van der Waals surface area contributed by atoms with E-state index >= 15 is 0 Å². The van der Waals surface area contributed by atoms with Crippen LogP contribution in [0.15, 0.2) is 29.2 Å². The fraction of sp³-hybridized carbons (Fsp3) is 0.462. The summed E-state index contributed by atoms with van der Waals surface area (Å²) in [4.78, 5) is 11.6. The molecule has 2 amide bonds. The second kappa shape index (κ2) is 7.96. The SMILES string of the molecule is CC[C@H](CO)NC(=O)NCCc1ccc(S(N)(=O)=O)cc1. The van der Waals surface area contributed by atoms with Crippen molar-refractivity contribution in [3.05, 3.63) is 29.8 Å². The molecule has 0 unspecified atom stereocenters. The van der Waals surface area contributed by atoms with Crippen LogP contribution in [-0.4, -0.2) is 38.7 Å². The summed E-state index contributed by atoms with van der Waals surface area (Å²) in [6, 6.07) is 5.59. The molecule has 1 aromatic carbocycles. The lowest BCUT2D eigenvalue weighted by Crippen LogP contribution is -2.44.